The largest absolute Gasteiger partial charge is 0.480 e. The smallest absolute Gasteiger partial charge is 0.456 e. The maximum atomic E-state index is 13.1. The summed E-state index contributed by atoms with van der Waals surface area (Å²) in [5.41, 5.74) is 0.475. The summed E-state index contributed by atoms with van der Waals surface area (Å²) < 4.78 is 40.5. The zero-order valence-corrected chi connectivity index (χ0v) is 18.5. The van der Waals surface area contributed by atoms with Gasteiger partial charge < -0.3 is 15.0 Å². The number of carboxylic acids is 1. The number of aliphatic carboxylic acids is 1. The summed E-state index contributed by atoms with van der Waals surface area (Å²) >= 11 is 12.0. The van der Waals surface area contributed by atoms with Gasteiger partial charge in [0.2, 0.25) is 0 Å². The number of benzene rings is 1. The number of nitrogens with one attached hydrogen (secondary N) is 1. The average Bonchev–Trinajstić information content (AvgIpc) is 3.00. The third-order valence-corrected chi connectivity index (χ3v) is 5.04. The van der Waals surface area contributed by atoms with Crippen molar-refractivity contribution in [1.82, 2.24) is 9.88 Å². The lowest BCUT2D eigenvalue weighted by atomic mass is 10.0. The van der Waals surface area contributed by atoms with Gasteiger partial charge in [0.15, 0.2) is 0 Å². The Hall–Kier alpha value is -2.03. The van der Waals surface area contributed by atoms with Crippen LogP contribution in [0.1, 0.15) is 42.0 Å². The lowest BCUT2D eigenvalue weighted by Gasteiger charge is -2.18. The number of halogens is 5. The zero-order chi connectivity index (χ0) is 23.3. The molecule has 0 bridgehead atoms. The molecule has 1 atom stereocenters. The molecule has 1 aromatic heterocycles. The van der Waals surface area contributed by atoms with Crippen molar-refractivity contribution in [3.05, 3.63) is 57.3 Å². The van der Waals surface area contributed by atoms with Crippen LogP contribution in [0.2, 0.25) is 10.0 Å². The second kappa shape index (κ2) is 10.5. The van der Waals surface area contributed by atoms with Crippen LogP contribution in [0.25, 0.3) is 0 Å². The average molecular weight is 479 g/mol. The number of hydrogen-bond donors (Lipinski definition) is 2. The third-order valence-electron chi connectivity index (χ3n) is 4.60. The number of aromatic nitrogens is 1. The van der Waals surface area contributed by atoms with E-state index in [0.29, 0.717) is 27.7 Å². The quantitative estimate of drug-likeness (QED) is 0.459. The molecule has 5 nitrogen and oxygen atoms in total. The van der Waals surface area contributed by atoms with Crippen LogP contribution >= 0.6 is 23.2 Å². The van der Waals surface area contributed by atoms with Gasteiger partial charge in [-0.3, -0.25) is 9.59 Å². The minimum Gasteiger partial charge on any atom is -0.480 e. The van der Waals surface area contributed by atoms with E-state index in [1.54, 1.807) is 12.1 Å². The van der Waals surface area contributed by atoms with Crippen molar-refractivity contribution in [3.8, 4) is 0 Å². The van der Waals surface area contributed by atoms with Crippen molar-refractivity contribution in [3.63, 3.8) is 0 Å². The Labute approximate surface area is 188 Å². The molecule has 10 heteroatoms. The number of rotatable bonds is 10. The van der Waals surface area contributed by atoms with Gasteiger partial charge in [0.25, 0.3) is 5.78 Å². The normalized spacial score (nSPS) is 12.9. The Balaban J connectivity index is 2.29. The van der Waals surface area contributed by atoms with E-state index in [2.05, 4.69) is 5.32 Å². The maximum Gasteiger partial charge on any atom is 0.456 e. The van der Waals surface area contributed by atoms with Gasteiger partial charge in [-0.15, -0.1) is 0 Å². The first kappa shape index (κ1) is 25.2. The lowest BCUT2D eigenvalue weighted by molar-refractivity contribution is -0.139. The van der Waals surface area contributed by atoms with Gasteiger partial charge in [-0.1, -0.05) is 37.0 Å². The van der Waals surface area contributed by atoms with Crippen molar-refractivity contribution in [2.24, 2.45) is 5.92 Å². The molecule has 2 aromatic rings. The van der Waals surface area contributed by atoms with Gasteiger partial charge in [-0.05, 0) is 48.2 Å². The first-order chi connectivity index (χ1) is 14.4. The summed E-state index contributed by atoms with van der Waals surface area (Å²) in [5, 5.41) is 12.9. The summed E-state index contributed by atoms with van der Waals surface area (Å²) in [6.07, 6.45) is -4.39. The molecule has 1 unspecified atom stereocenters. The highest BCUT2D eigenvalue weighted by molar-refractivity contribution is 6.34. The van der Waals surface area contributed by atoms with Crippen molar-refractivity contribution in [2.75, 3.05) is 6.54 Å². The Morgan fingerprint density at radius 3 is 2.26 bits per heavy atom. The summed E-state index contributed by atoms with van der Waals surface area (Å²) in [5.74, 6) is -2.80. The van der Waals surface area contributed by atoms with Crippen LogP contribution < -0.4 is 5.32 Å². The second-order valence-corrected chi connectivity index (χ2v) is 8.50. The molecule has 0 fully saturated rings. The second-order valence-electron chi connectivity index (χ2n) is 7.63. The van der Waals surface area contributed by atoms with Crippen LogP contribution in [0, 0.1) is 5.92 Å². The molecule has 1 heterocycles. The van der Waals surface area contributed by atoms with Crippen molar-refractivity contribution >= 4 is 35.0 Å². The number of alkyl halides is 3. The molecule has 31 heavy (non-hydrogen) atoms. The van der Waals surface area contributed by atoms with E-state index in [1.165, 1.54) is 16.7 Å². The molecule has 0 aliphatic rings. The first-order valence-electron chi connectivity index (χ1n) is 9.59. The van der Waals surface area contributed by atoms with Gasteiger partial charge in [-0.25, -0.2) is 0 Å². The number of Topliss-reactive ketones (excluding diaryl/α,β-unsaturated/α-hetero) is 1. The molecule has 0 amide bonds. The van der Waals surface area contributed by atoms with Gasteiger partial charge in [0.05, 0.1) is 5.69 Å². The maximum absolute atomic E-state index is 13.1. The summed E-state index contributed by atoms with van der Waals surface area (Å²) in [4.78, 5) is 23.3. The van der Waals surface area contributed by atoms with E-state index in [-0.39, 0.29) is 25.4 Å². The van der Waals surface area contributed by atoms with Crippen molar-refractivity contribution in [2.45, 2.75) is 45.5 Å². The van der Waals surface area contributed by atoms with E-state index in [9.17, 15) is 27.9 Å². The molecule has 0 saturated heterocycles. The molecule has 0 spiro atoms. The van der Waals surface area contributed by atoms with E-state index < -0.39 is 29.7 Å². The number of carbonyl (C=O) groups excluding carboxylic acids is 1. The molecule has 2 N–H and O–H groups in total. The predicted octanol–water partition coefficient (Wildman–Crippen LogP) is 5.22. The summed E-state index contributed by atoms with van der Waals surface area (Å²) in [7, 11) is 0. The number of nitrogens with zero attached hydrogens (tertiary/aromatic N) is 1. The van der Waals surface area contributed by atoms with Crippen molar-refractivity contribution < 1.29 is 27.9 Å². The Morgan fingerprint density at radius 2 is 1.74 bits per heavy atom. The van der Waals surface area contributed by atoms with E-state index in [4.69, 9.17) is 23.2 Å². The number of hydrogen-bond acceptors (Lipinski definition) is 3. The van der Waals surface area contributed by atoms with E-state index in [0.717, 1.165) is 6.07 Å². The molecule has 1 aromatic carbocycles. The highest BCUT2D eigenvalue weighted by Gasteiger charge is 2.41. The van der Waals surface area contributed by atoms with Crippen LogP contribution in [-0.4, -0.2) is 40.2 Å². The molecule has 0 aliphatic carbocycles. The summed E-state index contributed by atoms with van der Waals surface area (Å²) in [6, 6.07) is 6.40. The van der Waals surface area contributed by atoms with Crippen molar-refractivity contribution in [1.29, 1.82) is 0 Å². The summed E-state index contributed by atoms with van der Waals surface area (Å²) in [6.45, 7) is 3.96. The lowest BCUT2D eigenvalue weighted by Crippen LogP contribution is -2.39. The van der Waals surface area contributed by atoms with Crippen LogP contribution in [-0.2, 0) is 17.8 Å². The monoisotopic (exact) mass is 478 g/mol. The van der Waals surface area contributed by atoms with Crippen LogP contribution in [0.4, 0.5) is 13.2 Å². The van der Waals surface area contributed by atoms with Gasteiger partial charge >= 0.3 is 12.1 Å². The SMILES string of the molecule is CC(C)CC(NCCc1ccc(C(=O)C(F)(F)F)n1Cc1cc(Cl)cc(Cl)c1)C(=O)O. The number of ketones is 1. The molecule has 0 aliphatic heterocycles. The number of carbonyl (C=O) groups is 2. The van der Waals surface area contributed by atoms with Crippen LogP contribution in [0.3, 0.4) is 0 Å². The third kappa shape index (κ3) is 7.26. The minimum atomic E-state index is -5.02. The Bertz CT molecular complexity index is 922. The highest BCUT2D eigenvalue weighted by atomic mass is 35.5. The molecule has 0 radical (unpaired) electrons. The molecular formula is C21H23Cl2F3N2O3. The standard InChI is InChI=1S/C21H23Cl2F3N2O3/c1-12(2)7-17(20(30)31)27-6-5-16-3-4-18(19(29)21(24,25)26)28(16)11-13-8-14(22)10-15(23)9-13/h3-4,8-10,12,17,27H,5-7,11H2,1-2H3,(H,30,31). The number of carboxylic acid groups (broad SMARTS) is 1. The van der Waals surface area contributed by atoms with Gasteiger partial charge in [0, 0.05) is 35.2 Å². The zero-order valence-electron chi connectivity index (χ0n) is 17.0. The molecule has 0 saturated carbocycles. The topological polar surface area (TPSA) is 71.3 Å². The van der Waals surface area contributed by atoms with E-state index >= 15 is 0 Å². The first-order valence-corrected chi connectivity index (χ1v) is 10.3. The predicted molar refractivity (Wildman–Crippen MR) is 113 cm³/mol. The Morgan fingerprint density at radius 1 is 1.13 bits per heavy atom. The fraction of sp³-hybridized carbons (Fsp3) is 0.429. The van der Waals surface area contributed by atoms with E-state index in [1.807, 2.05) is 13.8 Å². The van der Waals surface area contributed by atoms with Crippen LogP contribution in [0.15, 0.2) is 30.3 Å². The molecule has 2 rings (SSSR count). The van der Waals surface area contributed by atoms with Crippen LogP contribution in [0.5, 0.6) is 0 Å². The van der Waals surface area contributed by atoms with Gasteiger partial charge in [-0.2, -0.15) is 13.2 Å². The fourth-order valence-electron chi connectivity index (χ4n) is 3.26. The molecule has 170 valence electrons. The fourth-order valence-corrected chi connectivity index (χ4v) is 3.83. The minimum absolute atomic E-state index is 0.0475. The van der Waals surface area contributed by atoms with Gasteiger partial charge in [0.1, 0.15) is 6.04 Å². The Kier molecular flexibility index (Phi) is 8.57. The molecular weight excluding hydrogens is 456 g/mol. The highest BCUT2D eigenvalue weighted by Crippen LogP contribution is 2.26.